The molecule has 1 aliphatic rings. The summed E-state index contributed by atoms with van der Waals surface area (Å²) in [5.41, 5.74) is 4.12. The van der Waals surface area contributed by atoms with Crippen molar-refractivity contribution in [3.05, 3.63) is 98.5 Å². The van der Waals surface area contributed by atoms with Gasteiger partial charge in [0.05, 0.1) is 22.2 Å². The summed E-state index contributed by atoms with van der Waals surface area (Å²) in [5, 5.41) is 3.40. The van der Waals surface area contributed by atoms with E-state index in [1.807, 2.05) is 61.5 Å². The number of nitrogens with one attached hydrogen (secondary N) is 1. The fraction of sp³-hybridized carbons (Fsp3) is 0.0417. The van der Waals surface area contributed by atoms with Crippen molar-refractivity contribution >= 4 is 50.1 Å². The first-order chi connectivity index (χ1) is 14.5. The normalized spacial score (nSPS) is 14.2. The highest BCUT2D eigenvalue weighted by Gasteiger charge is 2.25. The van der Waals surface area contributed by atoms with Crippen LogP contribution in [-0.4, -0.2) is 15.5 Å². The molecule has 30 heavy (non-hydrogen) atoms. The van der Waals surface area contributed by atoms with Crippen molar-refractivity contribution in [2.24, 2.45) is 0 Å². The Kier molecular flexibility index (Phi) is 4.37. The maximum Gasteiger partial charge on any atom is 0.266 e. The van der Waals surface area contributed by atoms with E-state index >= 15 is 0 Å². The van der Waals surface area contributed by atoms with Crippen LogP contribution in [0.25, 0.3) is 28.2 Å². The molecule has 3 aromatic carbocycles. The molecule has 0 radical (unpaired) electrons. The average Bonchev–Trinajstić information content (AvgIpc) is 3.03. The lowest BCUT2D eigenvalue weighted by Crippen LogP contribution is -2.22. The number of halogens is 1. The monoisotopic (exact) mass is 457 g/mol. The molecule has 0 bridgehead atoms. The highest BCUT2D eigenvalue weighted by molar-refractivity contribution is 9.10. The molecule has 1 aliphatic heterocycles. The molecule has 0 saturated carbocycles. The first kappa shape index (κ1) is 18.5. The second-order valence-corrected chi connectivity index (χ2v) is 8.08. The molecule has 0 aliphatic carbocycles. The SMILES string of the molecule is Cc1cccc(-n2c(C=C3C(=O)Nc4ccc(Br)cc43)nc3ccccc3c2=O)c1. The smallest absolute Gasteiger partial charge is 0.266 e. The summed E-state index contributed by atoms with van der Waals surface area (Å²) in [5.74, 6) is 0.184. The summed E-state index contributed by atoms with van der Waals surface area (Å²) in [6.45, 7) is 1.97. The Bertz CT molecular complexity index is 1440. The molecule has 0 atom stereocenters. The molecule has 4 aromatic rings. The van der Waals surface area contributed by atoms with Gasteiger partial charge in [-0.15, -0.1) is 0 Å². The van der Waals surface area contributed by atoms with Crippen molar-refractivity contribution in [2.75, 3.05) is 5.32 Å². The standard InChI is InChI=1S/C24H16BrN3O2/c1-14-5-4-6-16(11-14)28-22(26-20-8-3-2-7-17(20)24(28)30)13-19-18-12-15(25)9-10-21(18)27-23(19)29/h2-13H,1H3,(H,27,29). The lowest BCUT2D eigenvalue weighted by Gasteiger charge is -2.12. The number of aromatic nitrogens is 2. The molecule has 1 aromatic heterocycles. The molecule has 0 fully saturated rings. The van der Waals surface area contributed by atoms with E-state index in [-0.39, 0.29) is 11.5 Å². The number of fused-ring (bicyclic) bond motifs is 2. The number of nitrogens with zero attached hydrogens (tertiary/aromatic N) is 2. The van der Waals surface area contributed by atoms with Crippen molar-refractivity contribution < 1.29 is 4.79 Å². The Morgan fingerprint density at radius 1 is 1.00 bits per heavy atom. The summed E-state index contributed by atoms with van der Waals surface area (Å²) in [7, 11) is 0. The molecular weight excluding hydrogens is 442 g/mol. The summed E-state index contributed by atoms with van der Waals surface area (Å²) in [6.07, 6.45) is 1.68. The van der Waals surface area contributed by atoms with Crippen molar-refractivity contribution in [3.8, 4) is 5.69 Å². The van der Waals surface area contributed by atoms with Crippen LogP contribution in [0.3, 0.4) is 0 Å². The van der Waals surface area contributed by atoms with Crippen molar-refractivity contribution in [1.29, 1.82) is 0 Å². The number of benzene rings is 3. The van der Waals surface area contributed by atoms with E-state index in [4.69, 9.17) is 4.98 Å². The summed E-state index contributed by atoms with van der Waals surface area (Å²) >= 11 is 3.46. The number of hydrogen-bond acceptors (Lipinski definition) is 3. The van der Waals surface area contributed by atoms with Gasteiger partial charge < -0.3 is 5.32 Å². The maximum atomic E-state index is 13.4. The van der Waals surface area contributed by atoms with E-state index in [2.05, 4.69) is 21.2 Å². The molecular formula is C24H16BrN3O2. The molecule has 0 spiro atoms. The predicted molar refractivity (Wildman–Crippen MR) is 123 cm³/mol. The summed E-state index contributed by atoms with van der Waals surface area (Å²) in [6, 6.07) is 20.5. The fourth-order valence-electron chi connectivity index (χ4n) is 3.70. The Morgan fingerprint density at radius 2 is 1.83 bits per heavy atom. The highest BCUT2D eigenvalue weighted by atomic mass is 79.9. The lowest BCUT2D eigenvalue weighted by molar-refractivity contribution is -0.110. The molecule has 6 heteroatoms. The van der Waals surface area contributed by atoms with Crippen LogP contribution in [0.2, 0.25) is 0 Å². The second-order valence-electron chi connectivity index (χ2n) is 7.17. The van der Waals surface area contributed by atoms with Crippen LogP contribution in [0.4, 0.5) is 5.69 Å². The van der Waals surface area contributed by atoms with E-state index in [0.717, 1.165) is 21.3 Å². The van der Waals surface area contributed by atoms with Gasteiger partial charge in [-0.2, -0.15) is 0 Å². The van der Waals surface area contributed by atoms with E-state index in [1.165, 1.54) is 0 Å². The first-order valence-corrected chi connectivity index (χ1v) is 10.2. The van der Waals surface area contributed by atoms with Crippen LogP contribution < -0.4 is 10.9 Å². The lowest BCUT2D eigenvalue weighted by atomic mass is 10.1. The Balaban J connectivity index is 1.83. The van der Waals surface area contributed by atoms with Crippen molar-refractivity contribution in [2.45, 2.75) is 6.92 Å². The van der Waals surface area contributed by atoms with Gasteiger partial charge in [0.1, 0.15) is 5.82 Å². The van der Waals surface area contributed by atoms with Gasteiger partial charge >= 0.3 is 0 Å². The quantitative estimate of drug-likeness (QED) is 0.433. The van der Waals surface area contributed by atoms with E-state index in [9.17, 15) is 9.59 Å². The molecule has 1 amide bonds. The van der Waals surface area contributed by atoms with Gasteiger partial charge in [0.2, 0.25) is 0 Å². The Morgan fingerprint density at radius 3 is 2.67 bits per heavy atom. The molecule has 5 rings (SSSR count). The minimum atomic E-state index is -0.221. The van der Waals surface area contributed by atoms with Crippen LogP contribution in [0, 0.1) is 6.92 Å². The van der Waals surface area contributed by atoms with E-state index in [1.54, 1.807) is 22.8 Å². The topological polar surface area (TPSA) is 64.0 Å². The van der Waals surface area contributed by atoms with Crippen molar-refractivity contribution in [1.82, 2.24) is 9.55 Å². The fourth-order valence-corrected chi connectivity index (χ4v) is 4.06. The summed E-state index contributed by atoms with van der Waals surface area (Å²) < 4.78 is 2.43. The van der Waals surface area contributed by atoms with Crippen molar-refractivity contribution in [3.63, 3.8) is 0 Å². The number of rotatable bonds is 2. The van der Waals surface area contributed by atoms with Gasteiger partial charge in [0, 0.05) is 15.7 Å². The minimum absolute atomic E-state index is 0.175. The third-order valence-electron chi connectivity index (χ3n) is 5.10. The van der Waals surface area contributed by atoms with Gasteiger partial charge in [0.25, 0.3) is 11.5 Å². The maximum absolute atomic E-state index is 13.4. The average molecular weight is 458 g/mol. The predicted octanol–water partition coefficient (Wildman–Crippen LogP) is 4.95. The van der Waals surface area contributed by atoms with E-state index < -0.39 is 0 Å². The number of amides is 1. The molecule has 0 unspecified atom stereocenters. The number of aryl methyl sites for hydroxylation is 1. The van der Waals surface area contributed by atoms with Gasteiger partial charge in [-0.25, -0.2) is 4.98 Å². The molecule has 1 N–H and O–H groups in total. The zero-order valence-electron chi connectivity index (χ0n) is 16.0. The number of carbonyl (C=O) groups is 1. The number of para-hydroxylation sites is 1. The number of hydrogen-bond donors (Lipinski definition) is 1. The largest absolute Gasteiger partial charge is 0.321 e. The van der Waals surface area contributed by atoms with Gasteiger partial charge in [-0.05, 0) is 61.0 Å². The zero-order valence-corrected chi connectivity index (χ0v) is 17.6. The van der Waals surface area contributed by atoms with Crippen LogP contribution in [0.1, 0.15) is 17.0 Å². The van der Waals surface area contributed by atoms with Crippen LogP contribution in [0.15, 0.2) is 76.0 Å². The third kappa shape index (κ3) is 3.06. The van der Waals surface area contributed by atoms with Gasteiger partial charge in [-0.1, -0.05) is 40.2 Å². The Hall–Kier alpha value is -3.51. The van der Waals surface area contributed by atoms with E-state index in [0.29, 0.717) is 28.0 Å². The van der Waals surface area contributed by atoms with Gasteiger partial charge in [-0.3, -0.25) is 14.2 Å². The first-order valence-electron chi connectivity index (χ1n) is 9.43. The summed E-state index contributed by atoms with van der Waals surface area (Å²) in [4.78, 5) is 30.8. The minimum Gasteiger partial charge on any atom is -0.321 e. The molecule has 2 heterocycles. The van der Waals surface area contributed by atoms with Gasteiger partial charge in [0.15, 0.2) is 0 Å². The Labute approximate surface area is 180 Å². The van der Waals surface area contributed by atoms with Crippen LogP contribution in [-0.2, 0) is 4.79 Å². The second kappa shape index (κ2) is 7.07. The molecule has 0 saturated heterocycles. The zero-order chi connectivity index (χ0) is 20.8. The highest BCUT2D eigenvalue weighted by Crippen LogP contribution is 2.35. The third-order valence-corrected chi connectivity index (χ3v) is 5.59. The molecule has 146 valence electrons. The van der Waals surface area contributed by atoms with Crippen LogP contribution in [0.5, 0.6) is 0 Å². The number of carbonyl (C=O) groups excluding carboxylic acids is 1. The number of anilines is 1. The molecule has 5 nitrogen and oxygen atoms in total. The van der Waals surface area contributed by atoms with Crippen LogP contribution >= 0.6 is 15.9 Å².